The summed E-state index contributed by atoms with van der Waals surface area (Å²) in [5, 5.41) is 5.35. The molecule has 3 rings (SSSR count). The first-order chi connectivity index (χ1) is 10.6. The molecule has 0 aliphatic rings. The van der Waals surface area contributed by atoms with Crippen LogP contribution in [0.2, 0.25) is 0 Å². The number of hydrogen-bond acceptors (Lipinski definition) is 8. The van der Waals surface area contributed by atoms with Gasteiger partial charge in [-0.25, -0.2) is 9.78 Å². The van der Waals surface area contributed by atoms with Crippen LogP contribution in [0.15, 0.2) is 22.4 Å². The van der Waals surface area contributed by atoms with Crippen LogP contribution in [0.25, 0.3) is 4.96 Å². The van der Waals surface area contributed by atoms with Crippen molar-refractivity contribution < 1.29 is 9.53 Å². The van der Waals surface area contributed by atoms with Crippen molar-refractivity contribution >= 4 is 38.8 Å². The third-order valence-electron chi connectivity index (χ3n) is 3.00. The van der Waals surface area contributed by atoms with Crippen LogP contribution in [-0.2, 0) is 11.3 Å². The standard InChI is InChI=1S/C13H12N4O3S2/c1-7-10(11(14-2)22-16-7)12(19)20-6-8-5-9(18)17-3-4-21-13(17)15-8/h3-5,14H,6H2,1-2H3. The van der Waals surface area contributed by atoms with E-state index < -0.39 is 5.97 Å². The van der Waals surface area contributed by atoms with Crippen molar-refractivity contribution in [2.45, 2.75) is 13.5 Å². The predicted molar refractivity (Wildman–Crippen MR) is 84.9 cm³/mol. The lowest BCUT2D eigenvalue weighted by atomic mass is 10.2. The molecule has 22 heavy (non-hydrogen) atoms. The second-order valence-electron chi connectivity index (χ2n) is 4.44. The molecule has 0 radical (unpaired) electrons. The number of nitrogens with zero attached hydrogens (tertiary/aromatic N) is 3. The van der Waals surface area contributed by atoms with E-state index in [1.165, 1.54) is 33.3 Å². The smallest absolute Gasteiger partial charge is 0.343 e. The minimum Gasteiger partial charge on any atom is -0.455 e. The molecular weight excluding hydrogens is 324 g/mol. The van der Waals surface area contributed by atoms with Crippen LogP contribution in [0.5, 0.6) is 0 Å². The van der Waals surface area contributed by atoms with Gasteiger partial charge in [-0.1, -0.05) is 0 Å². The Kier molecular flexibility index (Phi) is 3.90. The number of aromatic nitrogens is 3. The number of fused-ring (bicyclic) bond motifs is 1. The molecule has 0 saturated heterocycles. The van der Waals surface area contributed by atoms with Crippen LogP contribution in [0, 0.1) is 6.92 Å². The zero-order valence-corrected chi connectivity index (χ0v) is 13.5. The van der Waals surface area contributed by atoms with Gasteiger partial charge in [0, 0.05) is 24.7 Å². The minimum absolute atomic E-state index is 0.0546. The van der Waals surface area contributed by atoms with Gasteiger partial charge in [-0.2, -0.15) is 4.37 Å². The molecule has 114 valence electrons. The van der Waals surface area contributed by atoms with Gasteiger partial charge in [0.15, 0.2) is 4.96 Å². The summed E-state index contributed by atoms with van der Waals surface area (Å²) in [7, 11) is 1.72. The fraction of sp³-hybridized carbons (Fsp3) is 0.231. The van der Waals surface area contributed by atoms with Crippen LogP contribution >= 0.6 is 22.9 Å². The number of nitrogens with one attached hydrogen (secondary N) is 1. The quantitative estimate of drug-likeness (QED) is 0.733. The molecule has 9 heteroatoms. The number of carbonyl (C=O) groups is 1. The second kappa shape index (κ2) is 5.85. The highest BCUT2D eigenvalue weighted by molar-refractivity contribution is 7.15. The third-order valence-corrected chi connectivity index (χ3v) is 4.71. The number of hydrogen-bond donors (Lipinski definition) is 1. The molecular formula is C13H12N4O3S2. The largest absolute Gasteiger partial charge is 0.455 e. The first-order valence-corrected chi connectivity index (χ1v) is 8.02. The summed E-state index contributed by atoms with van der Waals surface area (Å²) >= 11 is 2.55. The van der Waals surface area contributed by atoms with E-state index in [1.807, 2.05) is 0 Å². The van der Waals surface area contributed by atoms with Crippen molar-refractivity contribution in [3.8, 4) is 0 Å². The Balaban J connectivity index is 1.80. The first kappa shape index (κ1) is 14.7. The first-order valence-electron chi connectivity index (χ1n) is 6.37. The molecule has 0 bridgehead atoms. The van der Waals surface area contributed by atoms with Crippen LogP contribution in [0.3, 0.4) is 0 Å². The Labute approximate surface area is 133 Å². The number of anilines is 1. The number of rotatable bonds is 4. The molecule has 3 aromatic heterocycles. The average molecular weight is 336 g/mol. The zero-order chi connectivity index (χ0) is 15.7. The summed E-state index contributed by atoms with van der Waals surface area (Å²) in [4.78, 5) is 28.9. The fourth-order valence-electron chi connectivity index (χ4n) is 1.95. The van der Waals surface area contributed by atoms with Crippen molar-refractivity contribution in [3.63, 3.8) is 0 Å². The highest BCUT2D eigenvalue weighted by Gasteiger charge is 2.19. The molecule has 0 spiro atoms. The summed E-state index contributed by atoms with van der Waals surface area (Å²) in [5.41, 5.74) is 1.26. The van der Waals surface area contributed by atoms with E-state index in [4.69, 9.17) is 4.74 Å². The predicted octanol–water partition coefficient (Wildman–Crippen LogP) is 1.92. The van der Waals surface area contributed by atoms with E-state index in [1.54, 1.807) is 25.5 Å². The molecule has 0 aromatic carbocycles. The maximum atomic E-state index is 12.2. The number of thiazole rings is 1. The van der Waals surface area contributed by atoms with Gasteiger partial charge in [0.1, 0.15) is 17.2 Å². The molecule has 0 saturated carbocycles. The monoisotopic (exact) mass is 336 g/mol. The highest BCUT2D eigenvalue weighted by atomic mass is 32.1. The Morgan fingerprint density at radius 3 is 3.09 bits per heavy atom. The Hall–Kier alpha value is -2.26. The van der Waals surface area contributed by atoms with Crippen LogP contribution in [0.4, 0.5) is 5.00 Å². The fourth-order valence-corrected chi connectivity index (χ4v) is 3.43. The number of carbonyl (C=O) groups excluding carboxylic acids is 1. The lowest BCUT2D eigenvalue weighted by Gasteiger charge is -2.05. The Bertz CT molecular complexity index is 896. The van der Waals surface area contributed by atoms with Crippen LogP contribution in [0.1, 0.15) is 21.7 Å². The van der Waals surface area contributed by atoms with Gasteiger partial charge in [-0.3, -0.25) is 9.20 Å². The van der Waals surface area contributed by atoms with Gasteiger partial charge in [-0.15, -0.1) is 11.3 Å². The van der Waals surface area contributed by atoms with Gasteiger partial charge in [0.05, 0.1) is 11.4 Å². The molecule has 0 fully saturated rings. The van der Waals surface area contributed by atoms with Crippen LogP contribution < -0.4 is 10.9 Å². The van der Waals surface area contributed by atoms with E-state index in [9.17, 15) is 9.59 Å². The van der Waals surface area contributed by atoms with Gasteiger partial charge in [0.2, 0.25) is 0 Å². The molecule has 3 aromatic rings. The molecule has 0 unspecified atom stereocenters. The summed E-state index contributed by atoms with van der Waals surface area (Å²) in [6.45, 7) is 1.69. The summed E-state index contributed by atoms with van der Waals surface area (Å²) in [5.74, 6) is -0.483. The maximum Gasteiger partial charge on any atom is 0.343 e. The van der Waals surface area contributed by atoms with E-state index in [-0.39, 0.29) is 12.2 Å². The molecule has 3 heterocycles. The van der Waals surface area contributed by atoms with Crippen molar-refractivity contribution in [1.29, 1.82) is 0 Å². The highest BCUT2D eigenvalue weighted by Crippen LogP contribution is 2.24. The van der Waals surface area contributed by atoms with E-state index in [2.05, 4.69) is 14.7 Å². The summed E-state index contributed by atoms with van der Waals surface area (Å²) in [6.07, 6.45) is 1.66. The lowest BCUT2D eigenvalue weighted by molar-refractivity contribution is 0.0468. The maximum absolute atomic E-state index is 12.2. The van der Waals surface area contributed by atoms with E-state index >= 15 is 0 Å². The number of esters is 1. The van der Waals surface area contributed by atoms with Gasteiger partial charge in [-0.05, 0) is 18.5 Å². The minimum atomic E-state index is -0.483. The van der Waals surface area contributed by atoms with Crippen molar-refractivity contribution in [2.75, 3.05) is 12.4 Å². The van der Waals surface area contributed by atoms with Gasteiger partial charge in [0.25, 0.3) is 5.56 Å². The summed E-state index contributed by atoms with van der Waals surface area (Å²) in [6, 6.07) is 1.37. The van der Waals surface area contributed by atoms with Gasteiger partial charge < -0.3 is 10.1 Å². The Morgan fingerprint density at radius 1 is 1.50 bits per heavy atom. The molecule has 7 nitrogen and oxygen atoms in total. The lowest BCUT2D eigenvalue weighted by Crippen LogP contribution is -2.15. The average Bonchev–Trinajstić information content (AvgIpc) is 3.11. The normalized spacial score (nSPS) is 10.8. The summed E-state index contributed by atoms with van der Waals surface area (Å²) < 4.78 is 10.8. The molecule has 0 atom stereocenters. The van der Waals surface area contributed by atoms with Crippen molar-refractivity contribution in [1.82, 2.24) is 13.8 Å². The SMILES string of the molecule is CNc1snc(C)c1C(=O)OCc1cc(=O)n2ccsc2n1. The van der Waals surface area contributed by atoms with Crippen molar-refractivity contribution in [2.24, 2.45) is 0 Å². The van der Waals surface area contributed by atoms with E-state index in [0.717, 1.165) is 0 Å². The Morgan fingerprint density at radius 2 is 2.32 bits per heavy atom. The molecule has 0 aliphatic carbocycles. The zero-order valence-electron chi connectivity index (χ0n) is 11.8. The number of aryl methyl sites for hydroxylation is 1. The molecule has 0 amide bonds. The molecule has 0 aliphatic heterocycles. The van der Waals surface area contributed by atoms with Crippen molar-refractivity contribution in [3.05, 3.63) is 44.9 Å². The second-order valence-corrected chi connectivity index (χ2v) is 6.09. The van der Waals surface area contributed by atoms with Gasteiger partial charge >= 0.3 is 5.97 Å². The topological polar surface area (TPSA) is 85.6 Å². The van der Waals surface area contributed by atoms with E-state index in [0.29, 0.717) is 26.9 Å². The molecule has 1 N–H and O–H groups in total. The third kappa shape index (κ3) is 2.60. The number of ether oxygens (including phenoxy) is 1. The van der Waals surface area contributed by atoms with Crippen LogP contribution in [-0.4, -0.2) is 26.8 Å².